The molecule has 0 aromatic heterocycles. The third kappa shape index (κ3) is 6.01. The van der Waals surface area contributed by atoms with E-state index in [1.165, 1.54) is 6.07 Å². The van der Waals surface area contributed by atoms with Crippen molar-refractivity contribution in [2.24, 2.45) is 4.99 Å². The summed E-state index contributed by atoms with van der Waals surface area (Å²) in [5.74, 6) is 1.20. The lowest BCUT2D eigenvalue weighted by Crippen LogP contribution is -2.20. The Morgan fingerprint density at radius 1 is 1.00 bits per heavy atom. The summed E-state index contributed by atoms with van der Waals surface area (Å²) in [5, 5.41) is 0.664. The van der Waals surface area contributed by atoms with Crippen LogP contribution in [0.25, 0.3) is 6.08 Å². The van der Waals surface area contributed by atoms with E-state index in [4.69, 9.17) is 21.3 Å². The molecular formula is C24H22Cl3FN2O. The maximum Gasteiger partial charge on any atom is 0.134 e. The van der Waals surface area contributed by atoms with Gasteiger partial charge in [-0.05, 0) is 60.7 Å². The molecule has 0 unspecified atom stereocenters. The van der Waals surface area contributed by atoms with E-state index in [-0.39, 0.29) is 30.6 Å². The van der Waals surface area contributed by atoms with Gasteiger partial charge in [0.05, 0.1) is 12.3 Å². The Kier molecular flexibility index (Phi) is 8.93. The average Bonchev–Trinajstić information content (AvgIpc) is 2.88. The normalized spacial score (nSPS) is 12.9. The van der Waals surface area contributed by atoms with Crippen LogP contribution < -0.4 is 9.64 Å². The molecule has 3 nitrogen and oxygen atoms in total. The monoisotopic (exact) mass is 478 g/mol. The van der Waals surface area contributed by atoms with E-state index in [9.17, 15) is 4.39 Å². The molecule has 7 heteroatoms. The van der Waals surface area contributed by atoms with Crippen molar-refractivity contribution in [3.8, 4) is 11.5 Å². The predicted octanol–water partition coefficient (Wildman–Crippen LogP) is 7.07. The fourth-order valence-corrected chi connectivity index (χ4v) is 3.34. The summed E-state index contributed by atoms with van der Waals surface area (Å²) >= 11 is 5.95. The molecule has 1 heterocycles. The van der Waals surface area contributed by atoms with Gasteiger partial charge in [0.2, 0.25) is 0 Å². The molecule has 0 bridgehead atoms. The standard InChI is InChI=1S/C24H20ClFN2O.2ClH/c1-28-15-14-27-22(21-12-9-19(26)16-23(21)28)13-6-17-4-2-3-5-24(17)29-20-10-7-18(25)8-11-20;;/h2-13,16H,14-15H2,1H3;2*1H/b13-6+;;. The van der Waals surface area contributed by atoms with Gasteiger partial charge in [0.1, 0.15) is 17.3 Å². The van der Waals surface area contributed by atoms with Gasteiger partial charge in [-0.15, -0.1) is 24.8 Å². The summed E-state index contributed by atoms with van der Waals surface area (Å²) < 4.78 is 19.8. The molecule has 162 valence electrons. The van der Waals surface area contributed by atoms with Crippen LogP contribution in [-0.4, -0.2) is 25.8 Å². The van der Waals surface area contributed by atoms with Gasteiger partial charge in [0.25, 0.3) is 0 Å². The van der Waals surface area contributed by atoms with E-state index in [1.807, 2.05) is 60.5 Å². The first-order valence-corrected chi connectivity index (χ1v) is 9.74. The van der Waals surface area contributed by atoms with Crippen molar-refractivity contribution in [1.82, 2.24) is 0 Å². The summed E-state index contributed by atoms with van der Waals surface area (Å²) in [6.07, 6.45) is 3.93. The molecule has 0 radical (unpaired) electrons. The second-order valence-electron chi connectivity index (χ2n) is 6.78. The molecule has 4 rings (SSSR count). The second kappa shape index (κ2) is 11.2. The lowest BCUT2D eigenvalue weighted by atomic mass is 10.0. The van der Waals surface area contributed by atoms with Gasteiger partial charge in [-0.3, -0.25) is 4.99 Å². The van der Waals surface area contributed by atoms with Gasteiger partial charge in [-0.1, -0.05) is 29.8 Å². The first-order chi connectivity index (χ1) is 14.1. The summed E-state index contributed by atoms with van der Waals surface area (Å²) in [5.41, 5.74) is 3.51. The van der Waals surface area contributed by atoms with E-state index in [0.29, 0.717) is 17.3 Å². The van der Waals surface area contributed by atoms with Crippen molar-refractivity contribution in [2.75, 3.05) is 25.0 Å². The number of halogens is 4. The molecule has 1 aliphatic heterocycles. The molecule has 0 fully saturated rings. The molecule has 31 heavy (non-hydrogen) atoms. The van der Waals surface area contributed by atoms with Crippen LogP contribution in [0.1, 0.15) is 11.1 Å². The van der Waals surface area contributed by atoms with E-state index < -0.39 is 0 Å². The van der Waals surface area contributed by atoms with Crippen molar-refractivity contribution in [1.29, 1.82) is 0 Å². The van der Waals surface area contributed by atoms with Gasteiger partial charge < -0.3 is 9.64 Å². The summed E-state index contributed by atoms with van der Waals surface area (Å²) in [6.45, 7) is 1.39. The van der Waals surface area contributed by atoms with Gasteiger partial charge in [0, 0.05) is 35.4 Å². The molecule has 0 aliphatic carbocycles. The maximum absolute atomic E-state index is 13.8. The number of benzodiazepines with no additional fused rings is 1. The third-order valence-electron chi connectivity index (χ3n) is 4.75. The van der Waals surface area contributed by atoms with Crippen LogP contribution in [0, 0.1) is 5.82 Å². The number of benzene rings is 3. The second-order valence-corrected chi connectivity index (χ2v) is 7.21. The Labute approximate surface area is 199 Å². The molecular weight excluding hydrogens is 458 g/mol. The fraction of sp³-hybridized carbons (Fsp3) is 0.125. The quantitative estimate of drug-likeness (QED) is 0.400. The van der Waals surface area contributed by atoms with E-state index >= 15 is 0 Å². The first-order valence-electron chi connectivity index (χ1n) is 9.36. The lowest BCUT2D eigenvalue weighted by molar-refractivity contribution is 0.481. The minimum absolute atomic E-state index is 0. The van der Waals surface area contributed by atoms with E-state index in [2.05, 4.69) is 0 Å². The zero-order valence-electron chi connectivity index (χ0n) is 16.8. The molecule has 3 aromatic rings. The van der Waals surface area contributed by atoms with Crippen LogP contribution in [0.4, 0.5) is 10.1 Å². The molecule has 0 saturated carbocycles. The van der Waals surface area contributed by atoms with Crippen LogP contribution in [0.3, 0.4) is 0 Å². The number of nitrogens with zero attached hydrogens (tertiary/aromatic N) is 2. The zero-order chi connectivity index (χ0) is 20.2. The Balaban J connectivity index is 0.00000171. The highest BCUT2D eigenvalue weighted by Crippen LogP contribution is 2.28. The molecule has 0 N–H and O–H groups in total. The Morgan fingerprint density at radius 2 is 1.74 bits per heavy atom. The summed E-state index contributed by atoms with van der Waals surface area (Å²) in [4.78, 5) is 6.72. The van der Waals surface area contributed by atoms with Crippen LogP contribution in [0.2, 0.25) is 5.02 Å². The summed E-state index contributed by atoms with van der Waals surface area (Å²) in [7, 11) is 1.95. The highest BCUT2D eigenvalue weighted by Gasteiger charge is 2.15. The van der Waals surface area contributed by atoms with Crippen LogP contribution in [-0.2, 0) is 0 Å². The van der Waals surface area contributed by atoms with Gasteiger partial charge in [0.15, 0.2) is 0 Å². The molecule has 3 aromatic carbocycles. The summed E-state index contributed by atoms with van der Waals surface area (Å²) in [6, 6.07) is 19.9. The van der Waals surface area contributed by atoms with Crippen molar-refractivity contribution >= 4 is 53.9 Å². The highest BCUT2D eigenvalue weighted by molar-refractivity contribution is 6.30. The highest BCUT2D eigenvalue weighted by atomic mass is 35.5. The van der Waals surface area contributed by atoms with Gasteiger partial charge >= 0.3 is 0 Å². The third-order valence-corrected chi connectivity index (χ3v) is 5.00. The lowest BCUT2D eigenvalue weighted by Gasteiger charge is -2.18. The number of likely N-dealkylation sites (N-methyl/N-ethyl adjacent to an activating group) is 1. The fourth-order valence-electron chi connectivity index (χ4n) is 3.22. The number of allylic oxidation sites excluding steroid dienone is 1. The number of hydrogen-bond acceptors (Lipinski definition) is 3. The Morgan fingerprint density at radius 3 is 2.52 bits per heavy atom. The van der Waals surface area contributed by atoms with Gasteiger partial charge in [-0.25, -0.2) is 4.39 Å². The zero-order valence-corrected chi connectivity index (χ0v) is 19.2. The Bertz CT molecular complexity index is 1080. The van der Waals surface area contributed by atoms with Crippen molar-refractivity contribution in [2.45, 2.75) is 0 Å². The van der Waals surface area contributed by atoms with Crippen LogP contribution in [0.5, 0.6) is 11.5 Å². The SMILES string of the molecule is CN1CCN=C(/C=C/c2ccccc2Oc2ccc(Cl)cc2)c2ccc(F)cc21.Cl.Cl. The largest absolute Gasteiger partial charge is 0.457 e. The maximum atomic E-state index is 13.8. The molecule has 0 saturated heterocycles. The van der Waals surface area contributed by atoms with Crippen LogP contribution in [0.15, 0.2) is 77.8 Å². The molecule has 0 atom stereocenters. The number of rotatable bonds is 4. The van der Waals surface area contributed by atoms with Gasteiger partial charge in [-0.2, -0.15) is 0 Å². The van der Waals surface area contributed by atoms with Crippen molar-refractivity contribution < 1.29 is 9.13 Å². The minimum Gasteiger partial charge on any atom is -0.457 e. The predicted molar refractivity (Wildman–Crippen MR) is 133 cm³/mol. The van der Waals surface area contributed by atoms with Crippen molar-refractivity contribution in [3.05, 3.63) is 94.8 Å². The average molecular weight is 480 g/mol. The molecule has 1 aliphatic rings. The molecule has 0 amide bonds. The van der Waals surface area contributed by atoms with Crippen molar-refractivity contribution in [3.63, 3.8) is 0 Å². The molecule has 0 spiro atoms. The minimum atomic E-state index is -0.248. The Hall–Kier alpha value is -2.53. The van der Waals surface area contributed by atoms with Crippen LogP contribution >= 0.6 is 36.4 Å². The topological polar surface area (TPSA) is 24.8 Å². The first kappa shape index (κ1) is 24.7. The van der Waals surface area contributed by atoms with E-state index in [0.717, 1.165) is 34.8 Å². The number of para-hydroxylation sites is 1. The number of aliphatic imine (C=N–C) groups is 1. The number of ether oxygens (including phenoxy) is 1. The number of hydrogen-bond donors (Lipinski definition) is 0. The smallest absolute Gasteiger partial charge is 0.134 e. The van der Waals surface area contributed by atoms with E-state index in [1.54, 1.807) is 24.3 Å². The number of fused-ring (bicyclic) bond motifs is 1. The number of anilines is 1.